The number of imide groups is 1. The van der Waals surface area contributed by atoms with Crippen LogP contribution in [-0.4, -0.2) is 30.6 Å². The number of hydrogen-bond donors (Lipinski definition) is 2. The van der Waals surface area contributed by atoms with Crippen LogP contribution in [0.3, 0.4) is 0 Å². The molecule has 0 bridgehead atoms. The molecule has 166 valence electrons. The van der Waals surface area contributed by atoms with Crippen LogP contribution < -0.4 is 15.4 Å². The fourth-order valence-corrected chi connectivity index (χ4v) is 3.35. The van der Waals surface area contributed by atoms with Crippen molar-refractivity contribution in [3.8, 4) is 5.75 Å². The van der Waals surface area contributed by atoms with Crippen LogP contribution in [0.1, 0.15) is 48.9 Å². The number of furan rings is 1. The Kier molecular flexibility index (Phi) is 7.64. The molecule has 3 amide bonds. The second kappa shape index (κ2) is 10.6. The van der Waals surface area contributed by atoms with Gasteiger partial charge in [-0.3, -0.25) is 10.1 Å². The molecule has 2 unspecified atom stereocenters. The molecule has 0 aliphatic heterocycles. The third kappa shape index (κ3) is 6.84. The van der Waals surface area contributed by atoms with Gasteiger partial charge in [0.2, 0.25) is 5.76 Å². The molecule has 1 aliphatic carbocycles. The highest BCUT2D eigenvalue weighted by atomic mass is 19.1. The number of halogens is 1. The van der Waals surface area contributed by atoms with E-state index in [1.54, 1.807) is 0 Å². The van der Waals surface area contributed by atoms with Gasteiger partial charge in [0.1, 0.15) is 23.9 Å². The number of nitrogens with one attached hydrogen (secondary N) is 2. The maximum absolute atomic E-state index is 12.9. The van der Waals surface area contributed by atoms with Crippen molar-refractivity contribution < 1.29 is 32.7 Å². The average molecular weight is 432 g/mol. The molecule has 1 saturated carbocycles. The predicted octanol–water partition coefficient (Wildman–Crippen LogP) is 3.56. The van der Waals surface area contributed by atoms with Gasteiger partial charge < -0.3 is 19.2 Å². The van der Waals surface area contributed by atoms with Crippen LogP contribution in [0.2, 0.25) is 0 Å². The Morgan fingerprint density at radius 2 is 1.84 bits per heavy atom. The quantitative estimate of drug-likeness (QED) is 0.648. The van der Waals surface area contributed by atoms with Crippen LogP contribution in [-0.2, 0) is 16.1 Å². The fraction of sp³-hybridized carbons (Fsp3) is 0.409. The summed E-state index contributed by atoms with van der Waals surface area (Å²) in [5.41, 5.74) is 0. The maximum atomic E-state index is 12.9. The van der Waals surface area contributed by atoms with E-state index in [0.717, 1.165) is 25.7 Å². The van der Waals surface area contributed by atoms with Crippen molar-refractivity contribution in [1.82, 2.24) is 10.6 Å². The number of carbonyl (C=O) groups excluding carboxylic acids is 3. The van der Waals surface area contributed by atoms with Gasteiger partial charge in [-0.05, 0) is 55.2 Å². The van der Waals surface area contributed by atoms with Crippen molar-refractivity contribution in [1.29, 1.82) is 0 Å². The van der Waals surface area contributed by atoms with Crippen LogP contribution in [0.25, 0.3) is 0 Å². The van der Waals surface area contributed by atoms with Crippen LogP contribution in [0.15, 0.2) is 40.8 Å². The second-order valence-electron chi connectivity index (χ2n) is 7.47. The molecule has 1 aromatic heterocycles. The summed E-state index contributed by atoms with van der Waals surface area (Å²) in [4.78, 5) is 35.9. The highest BCUT2D eigenvalue weighted by molar-refractivity contribution is 5.96. The van der Waals surface area contributed by atoms with E-state index in [1.165, 1.54) is 36.4 Å². The lowest BCUT2D eigenvalue weighted by atomic mass is 9.86. The van der Waals surface area contributed by atoms with Gasteiger partial charge in [-0.2, -0.15) is 0 Å². The average Bonchev–Trinajstić information content (AvgIpc) is 3.22. The monoisotopic (exact) mass is 432 g/mol. The summed E-state index contributed by atoms with van der Waals surface area (Å²) in [7, 11) is 0. The van der Waals surface area contributed by atoms with E-state index in [1.807, 2.05) is 0 Å². The summed E-state index contributed by atoms with van der Waals surface area (Å²) in [6.45, 7) is 1.48. The molecule has 1 aliphatic rings. The van der Waals surface area contributed by atoms with E-state index < -0.39 is 24.5 Å². The molecule has 8 nitrogen and oxygen atoms in total. The number of esters is 1. The van der Waals surface area contributed by atoms with Gasteiger partial charge >= 0.3 is 12.0 Å². The normalized spacial score (nSPS) is 18.1. The topological polar surface area (TPSA) is 107 Å². The SMILES string of the molecule is CC1CCCCC1NC(=O)NC(=O)COC(=O)c1ccc(COc2ccc(F)cc2)o1. The van der Waals surface area contributed by atoms with Gasteiger partial charge in [0.05, 0.1) is 0 Å². The summed E-state index contributed by atoms with van der Waals surface area (Å²) < 4.78 is 28.5. The Balaban J connectivity index is 1.39. The zero-order chi connectivity index (χ0) is 22.2. The maximum Gasteiger partial charge on any atom is 0.374 e. The van der Waals surface area contributed by atoms with Gasteiger partial charge in [-0.1, -0.05) is 19.8 Å². The second-order valence-corrected chi connectivity index (χ2v) is 7.47. The van der Waals surface area contributed by atoms with E-state index in [0.29, 0.717) is 17.4 Å². The number of benzene rings is 1. The molecule has 1 fully saturated rings. The molecule has 1 aromatic carbocycles. The Morgan fingerprint density at radius 1 is 1.10 bits per heavy atom. The number of hydrogen-bond acceptors (Lipinski definition) is 6. The molecule has 0 spiro atoms. The van der Waals surface area contributed by atoms with Crippen LogP contribution in [0.4, 0.5) is 9.18 Å². The fourth-order valence-electron chi connectivity index (χ4n) is 3.35. The molecule has 2 N–H and O–H groups in total. The number of ether oxygens (including phenoxy) is 2. The van der Waals surface area contributed by atoms with Crippen LogP contribution in [0.5, 0.6) is 5.75 Å². The first-order valence-corrected chi connectivity index (χ1v) is 10.2. The van der Waals surface area contributed by atoms with Crippen molar-refractivity contribution in [3.63, 3.8) is 0 Å². The predicted molar refractivity (Wildman–Crippen MR) is 108 cm³/mol. The van der Waals surface area contributed by atoms with Crippen molar-refractivity contribution >= 4 is 17.9 Å². The lowest BCUT2D eigenvalue weighted by Crippen LogP contribution is -2.48. The van der Waals surface area contributed by atoms with Crippen molar-refractivity contribution in [2.45, 2.75) is 45.3 Å². The molecular formula is C22H25FN2O6. The van der Waals surface area contributed by atoms with E-state index in [2.05, 4.69) is 17.6 Å². The minimum Gasteiger partial charge on any atom is -0.486 e. The molecule has 9 heteroatoms. The first-order valence-electron chi connectivity index (χ1n) is 10.2. The minimum absolute atomic E-state index is 0.0269. The van der Waals surface area contributed by atoms with E-state index >= 15 is 0 Å². The minimum atomic E-state index is -0.843. The third-order valence-electron chi connectivity index (χ3n) is 5.07. The lowest BCUT2D eigenvalue weighted by Gasteiger charge is -2.29. The first kappa shape index (κ1) is 22.3. The number of amides is 3. The highest BCUT2D eigenvalue weighted by Crippen LogP contribution is 2.23. The Labute approximate surface area is 179 Å². The molecule has 0 saturated heterocycles. The molecule has 2 atom stereocenters. The molecule has 2 aromatic rings. The summed E-state index contributed by atoms with van der Waals surface area (Å²) in [5, 5.41) is 4.95. The molecule has 0 radical (unpaired) electrons. The Morgan fingerprint density at radius 3 is 2.58 bits per heavy atom. The largest absolute Gasteiger partial charge is 0.486 e. The standard InChI is InChI=1S/C22H25FN2O6/c1-14-4-2-3-5-18(14)24-22(28)25-20(26)13-30-21(27)19-11-10-17(31-19)12-29-16-8-6-15(23)7-9-16/h6-11,14,18H,2-5,12-13H2,1H3,(H2,24,25,26,28). The van der Waals surface area contributed by atoms with E-state index in [4.69, 9.17) is 13.9 Å². The Bertz CT molecular complexity index is 911. The Hall–Kier alpha value is -3.36. The van der Waals surface area contributed by atoms with Crippen molar-refractivity contribution in [2.75, 3.05) is 6.61 Å². The molecular weight excluding hydrogens is 407 g/mol. The van der Waals surface area contributed by atoms with Crippen LogP contribution in [0, 0.1) is 11.7 Å². The van der Waals surface area contributed by atoms with Crippen LogP contribution >= 0.6 is 0 Å². The van der Waals surface area contributed by atoms with Gasteiger partial charge in [0.25, 0.3) is 5.91 Å². The molecule has 3 rings (SSSR count). The van der Waals surface area contributed by atoms with Crippen molar-refractivity contribution in [2.24, 2.45) is 5.92 Å². The first-order chi connectivity index (χ1) is 14.9. The van der Waals surface area contributed by atoms with Crippen molar-refractivity contribution in [3.05, 3.63) is 53.7 Å². The van der Waals surface area contributed by atoms with Gasteiger partial charge in [-0.15, -0.1) is 0 Å². The molecule has 31 heavy (non-hydrogen) atoms. The third-order valence-corrected chi connectivity index (χ3v) is 5.07. The zero-order valence-corrected chi connectivity index (χ0v) is 17.2. The summed E-state index contributed by atoms with van der Waals surface area (Å²) in [5.74, 6) is -0.912. The number of carbonyl (C=O) groups is 3. The van der Waals surface area contributed by atoms with Gasteiger partial charge in [0, 0.05) is 6.04 Å². The zero-order valence-electron chi connectivity index (χ0n) is 17.2. The lowest BCUT2D eigenvalue weighted by molar-refractivity contribution is -0.123. The summed E-state index contributed by atoms with van der Waals surface area (Å²) >= 11 is 0. The van der Waals surface area contributed by atoms with Gasteiger partial charge in [0.15, 0.2) is 6.61 Å². The smallest absolute Gasteiger partial charge is 0.374 e. The van der Waals surface area contributed by atoms with E-state index in [9.17, 15) is 18.8 Å². The molecule has 1 heterocycles. The highest BCUT2D eigenvalue weighted by Gasteiger charge is 2.23. The van der Waals surface area contributed by atoms with E-state index in [-0.39, 0.29) is 24.2 Å². The number of rotatable bonds is 7. The number of urea groups is 1. The summed E-state index contributed by atoms with van der Waals surface area (Å²) in [6, 6.07) is 7.82. The summed E-state index contributed by atoms with van der Waals surface area (Å²) in [6.07, 6.45) is 4.10. The van der Waals surface area contributed by atoms with Gasteiger partial charge in [-0.25, -0.2) is 14.0 Å².